The van der Waals surface area contributed by atoms with Gasteiger partial charge in [0.2, 0.25) is 0 Å². The number of rotatable bonds is 3. The summed E-state index contributed by atoms with van der Waals surface area (Å²) >= 11 is 1.87. The van der Waals surface area contributed by atoms with Gasteiger partial charge in [-0.1, -0.05) is 13.3 Å². The van der Waals surface area contributed by atoms with Gasteiger partial charge >= 0.3 is 0 Å². The maximum Gasteiger partial charge on any atom is 0.0354 e. The molecule has 1 aromatic heterocycles. The van der Waals surface area contributed by atoms with Crippen molar-refractivity contribution in [2.24, 2.45) is 11.8 Å². The quantitative estimate of drug-likeness (QED) is 0.823. The molecule has 1 heterocycles. The zero-order valence-electron chi connectivity index (χ0n) is 9.92. The molecule has 15 heavy (non-hydrogen) atoms. The van der Waals surface area contributed by atoms with Gasteiger partial charge in [0, 0.05) is 10.9 Å². The SMILES string of the molecule is CNC(c1csc(C)c1)C1CCC(C)C1. The molecular formula is C13H21NS. The van der Waals surface area contributed by atoms with Crippen molar-refractivity contribution >= 4 is 11.3 Å². The summed E-state index contributed by atoms with van der Waals surface area (Å²) in [5, 5.41) is 5.82. The van der Waals surface area contributed by atoms with Gasteiger partial charge < -0.3 is 5.32 Å². The molecule has 2 rings (SSSR count). The van der Waals surface area contributed by atoms with Crippen LogP contribution in [-0.4, -0.2) is 7.05 Å². The average Bonchev–Trinajstić information content (AvgIpc) is 2.78. The summed E-state index contributed by atoms with van der Waals surface area (Å²) in [5.74, 6) is 1.77. The lowest BCUT2D eigenvalue weighted by Crippen LogP contribution is -2.23. The summed E-state index contributed by atoms with van der Waals surface area (Å²) < 4.78 is 0. The fourth-order valence-electron chi connectivity index (χ4n) is 2.86. The predicted octanol–water partition coefficient (Wildman–Crippen LogP) is 3.75. The Kier molecular flexibility index (Phi) is 3.47. The highest BCUT2D eigenvalue weighted by atomic mass is 32.1. The molecule has 0 bridgehead atoms. The van der Waals surface area contributed by atoms with Crippen LogP contribution in [0.2, 0.25) is 0 Å². The van der Waals surface area contributed by atoms with E-state index in [1.807, 2.05) is 11.3 Å². The summed E-state index contributed by atoms with van der Waals surface area (Å²) in [6, 6.07) is 2.93. The van der Waals surface area contributed by atoms with Crippen LogP contribution >= 0.6 is 11.3 Å². The van der Waals surface area contributed by atoms with Gasteiger partial charge in [-0.3, -0.25) is 0 Å². The van der Waals surface area contributed by atoms with Gasteiger partial charge in [-0.05, 0) is 55.7 Å². The normalized spacial score (nSPS) is 28.2. The van der Waals surface area contributed by atoms with E-state index in [-0.39, 0.29) is 0 Å². The molecule has 1 saturated carbocycles. The van der Waals surface area contributed by atoms with Crippen molar-refractivity contribution in [3.63, 3.8) is 0 Å². The lowest BCUT2D eigenvalue weighted by Gasteiger charge is -2.22. The first-order valence-corrected chi connectivity index (χ1v) is 6.81. The van der Waals surface area contributed by atoms with E-state index in [0.717, 1.165) is 11.8 Å². The molecule has 0 aromatic carbocycles. The van der Waals surface area contributed by atoms with Crippen molar-refractivity contribution in [2.45, 2.75) is 39.2 Å². The average molecular weight is 223 g/mol. The number of nitrogens with one attached hydrogen (secondary N) is 1. The highest BCUT2D eigenvalue weighted by Crippen LogP contribution is 2.39. The van der Waals surface area contributed by atoms with E-state index in [2.05, 4.69) is 37.7 Å². The highest BCUT2D eigenvalue weighted by Gasteiger charge is 2.29. The molecule has 3 unspecified atom stereocenters. The van der Waals surface area contributed by atoms with E-state index in [0.29, 0.717) is 6.04 Å². The Morgan fingerprint density at radius 2 is 2.27 bits per heavy atom. The van der Waals surface area contributed by atoms with Gasteiger partial charge in [0.15, 0.2) is 0 Å². The van der Waals surface area contributed by atoms with Crippen molar-refractivity contribution in [1.82, 2.24) is 5.32 Å². The first-order chi connectivity index (χ1) is 7.20. The minimum Gasteiger partial charge on any atom is -0.313 e. The Bertz CT molecular complexity index is 318. The van der Waals surface area contributed by atoms with Crippen molar-refractivity contribution < 1.29 is 0 Å². The van der Waals surface area contributed by atoms with Crippen LogP contribution in [0.3, 0.4) is 0 Å². The molecule has 1 aromatic rings. The van der Waals surface area contributed by atoms with E-state index in [1.165, 1.54) is 29.7 Å². The first-order valence-electron chi connectivity index (χ1n) is 5.93. The van der Waals surface area contributed by atoms with E-state index in [9.17, 15) is 0 Å². The fraction of sp³-hybridized carbons (Fsp3) is 0.692. The summed E-state index contributed by atoms with van der Waals surface area (Å²) in [4.78, 5) is 1.43. The van der Waals surface area contributed by atoms with Crippen molar-refractivity contribution in [2.75, 3.05) is 7.05 Å². The van der Waals surface area contributed by atoms with Crippen LogP contribution in [0.25, 0.3) is 0 Å². The third kappa shape index (κ3) is 2.43. The molecule has 1 nitrogen and oxygen atoms in total. The van der Waals surface area contributed by atoms with Crippen molar-refractivity contribution in [3.8, 4) is 0 Å². The van der Waals surface area contributed by atoms with E-state index >= 15 is 0 Å². The summed E-state index contributed by atoms with van der Waals surface area (Å²) in [6.07, 6.45) is 4.19. The van der Waals surface area contributed by atoms with E-state index in [1.54, 1.807) is 0 Å². The zero-order valence-corrected chi connectivity index (χ0v) is 10.7. The van der Waals surface area contributed by atoms with Crippen LogP contribution in [0.5, 0.6) is 0 Å². The Labute approximate surface area is 96.9 Å². The predicted molar refractivity (Wildman–Crippen MR) is 67.4 cm³/mol. The molecule has 3 atom stereocenters. The topological polar surface area (TPSA) is 12.0 Å². The Hall–Kier alpha value is -0.340. The largest absolute Gasteiger partial charge is 0.313 e. The molecule has 0 amide bonds. The van der Waals surface area contributed by atoms with Gasteiger partial charge in [0.05, 0.1) is 0 Å². The third-order valence-corrected chi connectivity index (χ3v) is 4.51. The van der Waals surface area contributed by atoms with Crippen LogP contribution in [0.4, 0.5) is 0 Å². The molecule has 0 radical (unpaired) electrons. The standard InChI is InChI=1S/C13H21NS/c1-9-4-5-11(6-9)13(14-3)12-7-10(2)15-8-12/h7-9,11,13-14H,4-6H2,1-3H3. The monoisotopic (exact) mass is 223 g/mol. The van der Waals surface area contributed by atoms with Crippen LogP contribution in [0.1, 0.15) is 42.7 Å². The smallest absolute Gasteiger partial charge is 0.0354 e. The summed E-state index contributed by atoms with van der Waals surface area (Å²) in [6.45, 7) is 4.57. The molecule has 1 N–H and O–H groups in total. The Balaban J connectivity index is 2.10. The molecule has 0 saturated heterocycles. The number of hydrogen-bond acceptors (Lipinski definition) is 2. The van der Waals surface area contributed by atoms with Crippen LogP contribution in [0.15, 0.2) is 11.4 Å². The second kappa shape index (κ2) is 4.67. The van der Waals surface area contributed by atoms with E-state index in [4.69, 9.17) is 0 Å². The summed E-state index contributed by atoms with van der Waals surface area (Å²) in [7, 11) is 2.10. The van der Waals surface area contributed by atoms with Crippen LogP contribution in [-0.2, 0) is 0 Å². The van der Waals surface area contributed by atoms with Gasteiger partial charge in [0.25, 0.3) is 0 Å². The van der Waals surface area contributed by atoms with Gasteiger partial charge in [-0.2, -0.15) is 0 Å². The lowest BCUT2D eigenvalue weighted by molar-refractivity contribution is 0.380. The van der Waals surface area contributed by atoms with Crippen LogP contribution in [0, 0.1) is 18.8 Å². The van der Waals surface area contributed by atoms with Gasteiger partial charge in [-0.15, -0.1) is 11.3 Å². The van der Waals surface area contributed by atoms with Gasteiger partial charge in [-0.25, -0.2) is 0 Å². The van der Waals surface area contributed by atoms with Crippen molar-refractivity contribution in [3.05, 3.63) is 21.9 Å². The van der Waals surface area contributed by atoms with Crippen LogP contribution < -0.4 is 5.32 Å². The molecule has 1 aliphatic carbocycles. The Morgan fingerprint density at radius 1 is 1.47 bits per heavy atom. The lowest BCUT2D eigenvalue weighted by atomic mass is 9.92. The van der Waals surface area contributed by atoms with Crippen molar-refractivity contribution in [1.29, 1.82) is 0 Å². The molecule has 0 spiro atoms. The fourth-order valence-corrected chi connectivity index (χ4v) is 3.60. The third-order valence-electron chi connectivity index (χ3n) is 3.63. The van der Waals surface area contributed by atoms with Gasteiger partial charge in [0.1, 0.15) is 0 Å². The molecule has 84 valence electrons. The number of hydrogen-bond donors (Lipinski definition) is 1. The maximum absolute atomic E-state index is 3.50. The second-order valence-electron chi connectivity index (χ2n) is 4.94. The number of aryl methyl sites for hydroxylation is 1. The second-order valence-corrected chi connectivity index (χ2v) is 6.05. The first kappa shape index (κ1) is 11.2. The summed E-state index contributed by atoms with van der Waals surface area (Å²) in [5.41, 5.74) is 1.50. The molecule has 1 aliphatic rings. The molecular weight excluding hydrogens is 202 g/mol. The zero-order chi connectivity index (χ0) is 10.8. The molecule has 1 fully saturated rings. The highest BCUT2D eigenvalue weighted by molar-refractivity contribution is 7.10. The Morgan fingerprint density at radius 3 is 2.73 bits per heavy atom. The maximum atomic E-state index is 3.50. The molecule has 0 aliphatic heterocycles. The molecule has 2 heteroatoms. The van der Waals surface area contributed by atoms with E-state index < -0.39 is 0 Å². The number of thiophene rings is 1. The minimum atomic E-state index is 0.583. The minimum absolute atomic E-state index is 0.583.